The Labute approximate surface area is 205 Å². The molecule has 0 aliphatic carbocycles. The Hall–Kier alpha value is -2.94. The highest BCUT2D eigenvalue weighted by Gasteiger charge is 2.31. The number of carbonyl (C=O) groups excluding carboxylic acids is 1. The summed E-state index contributed by atoms with van der Waals surface area (Å²) in [6.45, 7) is 9.50. The molecule has 172 valence electrons. The van der Waals surface area contributed by atoms with Gasteiger partial charge in [0, 0.05) is 34.4 Å². The molecule has 1 heterocycles. The first-order valence-corrected chi connectivity index (χ1v) is 11.4. The number of allylic oxidation sites excluding steroid dienone is 1. The van der Waals surface area contributed by atoms with E-state index in [2.05, 4.69) is 44.0 Å². The smallest absolute Gasteiger partial charge is 0.266 e. The number of methoxy groups -OCH3 is 1. The molecule has 5 nitrogen and oxygen atoms in total. The van der Waals surface area contributed by atoms with Crippen molar-refractivity contribution in [2.75, 3.05) is 23.9 Å². The van der Waals surface area contributed by atoms with E-state index < -0.39 is 5.91 Å². The van der Waals surface area contributed by atoms with Crippen LogP contribution in [0.2, 0.25) is 10.0 Å². The number of nitriles is 1. The van der Waals surface area contributed by atoms with Crippen LogP contribution in [-0.2, 0) is 4.79 Å². The third-order valence-electron chi connectivity index (χ3n) is 5.62. The molecule has 0 radical (unpaired) electrons. The topological polar surface area (TPSA) is 65.4 Å². The van der Waals surface area contributed by atoms with Crippen molar-refractivity contribution < 1.29 is 9.53 Å². The normalized spacial score (nSPS) is 14.8. The molecule has 0 saturated heterocycles. The lowest BCUT2D eigenvalue weighted by molar-refractivity contribution is -0.112. The molecular weight excluding hydrogens is 457 g/mol. The average molecular weight is 484 g/mol. The number of nitrogens with one attached hydrogen (secondary N) is 1. The van der Waals surface area contributed by atoms with Crippen LogP contribution in [0.25, 0.3) is 11.6 Å². The Kier molecular flexibility index (Phi) is 7.41. The highest BCUT2D eigenvalue weighted by molar-refractivity contribution is 6.37. The number of fused-ring (bicyclic) bond motifs is 1. The standard InChI is InChI=1S/C26H27Cl2N3O2/c1-6-9-31-23-13-24(33-5)17(11-20(23)16(2)14-26(31,3)4)10-18(15-29)25(32)30-22-8-7-19(27)12-21(22)28/h7-8,10-14H,6,9H2,1-5H3,(H,30,32)/b18-10+. The van der Waals surface area contributed by atoms with Gasteiger partial charge in [-0.15, -0.1) is 0 Å². The molecule has 0 fully saturated rings. The molecule has 0 aromatic heterocycles. The van der Waals surface area contributed by atoms with E-state index in [0.717, 1.165) is 29.8 Å². The molecule has 1 N–H and O–H groups in total. The number of carbonyl (C=O) groups is 1. The number of nitrogens with zero attached hydrogens (tertiary/aromatic N) is 2. The molecule has 1 aliphatic heterocycles. The summed E-state index contributed by atoms with van der Waals surface area (Å²) in [5.41, 5.74) is 4.08. The van der Waals surface area contributed by atoms with Gasteiger partial charge < -0.3 is 15.0 Å². The van der Waals surface area contributed by atoms with Gasteiger partial charge in [0.2, 0.25) is 0 Å². The van der Waals surface area contributed by atoms with Crippen molar-refractivity contribution in [3.63, 3.8) is 0 Å². The summed E-state index contributed by atoms with van der Waals surface area (Å²) in [4.78, 5) is 15.2. The molecule has 7 heteroatoms. The van der Waals surface area contributed by atoms with Gasteiger partial charge in [0.05, 0.1) is 23.4 Å². The second-order valence-electron chi connectivity index (χ2n) is 8.49. The molecule has 0 bridgehead atoms. The van der Waals surface area contributed by atoms with Crippen molar-refractivity contribution in [1.29, 1.82) is 5.26 Å². The minimum atomic E-state index is -0.567. The monoisotopic (exact) mass is 483 g/mol. The van der Waals surface area contributed by atoms with Gasteiger partial charge in [-0.25, -0.2) is 0 Å². The lowest BCUT2D eigenvalue weighted by Gasteiger charge is -2.43. The van der Waals surface area contributed by atoms with Gasteiger partial charge in [0.1, 0.15) is 17.4 Å². The van der Waals surface area contributed by atoms with E-state index in [0.29, 0.717) is 27.0 Å². The predicted molar refractivity (Wildman–Crippen MR) is 137 cm³/mol. The van der Waals surface area contributed by atoms with Crippen molar-refractivity contribution in [2.24, 2.45) is 0 Å². The summed E-state index contributed by atoms with van der Waals surface area (Å²) < 4.78 is 5.65. The SMILES string of the molecule is CCCN1c2cc(OC)c(/C=C(\C#N)C(=O)Nc3ccc(Cl)cc3Cl)cc2C(C)=CC1(C)C. The maximum Gasteiger partial charge on any atom is 0.266 e. The van der Waals surface area contributed by atoms with Gasteiger partial charge in [-0.1, -0.05) is 36.2 Å². The summed E-state index contributed by atoms with van der Waals surface area (Å²) in [6.07, 6.45) is 4.78. The summed E-state index contributed by atoms with van der Waals surface area (Å²) in [5, 5.41) is 13.1. The quantitative estimate of drug-likeness (QED) is 0.356. The Morgan fingerprint density at radius 3 is 2.61 bits per heavy atom. The summed E-state index contributed by atoms with van der Waals surface area (Å²) in [7, 11) is 1.58. The lowest BCUT2D eigenvalue weighted by Crippen LogP contribution is -2.45. The van der Waals surface area contributed by atoms with Crippen molar-refractivity contribution in [3.8, 4) is 11.8 Å². The number of anilines is 2. The van der Waals surface area contributed by atoms with Crippen LogP contribution in [0.15, 0.2) is 42.0 Å². The maximum absolute atomic E-state index is 12.8. The number of halogens is 2. The fourth-order valence-corrected chi connectivity index (χ4v) is 4.58. The van der Waals surface area contributed by atoms with Gasteiger partial charge in [-0.05, 0) is 63.1 Å². The van der Waals surface area contributed by atoms with Gasteiger partial charge in [0.25, 0.3) is 5.91 Å². The fourth-order valence-electron chi connectivity index (χ4n) is 4.13. The van der Waals surface area contributed by atoms with Crippen LogP contribution < -0.4 is 15.0 Å². The predicted octanol–water partition coefficient (Wildman–Crippen LogP) is 6.96. The fraction of sp³-hybridized carbons (Fsp3) is 0.308. The second kappa shape index (κ2) is 9.91. The van der Waals surface area contributed by atoms with Crippen LogP contribution in [-0.4, -0.2) is 25.1 Å². The first-order chi connectivity index (χ1) is 15.6. The highest BCUT2D eigenvalue weighted by Crippen LogP contribution is 2.42. The summed E-state index contributed by atoms with van der Waals surface area (Å²) in [6, 6.07) is 10.7. The van der Waals surface area contributed by atoms with E-state index in [9.17, 15) is 10.1 Å². The van der Waals surface area contributed by atoms with Gasteiger partial charge in [-0.2, -0.15) is 5.26 Å². The van der Waals surface area contributed by atoms with E-state index in [1.165, 1.54) is 12.1 Å². The lowest BCUT2D eigenvalue weighted by atomic mass is 9.87. The van der Waals surface area contributed by atoms with Crippen LogP contribution >= 0.6 is 23.2 Å². The Bertz CT molecular complexity index is 1190. The molecule has 2 aromatic carbocycles. The Balaban J connectivity index is 2.04. The Morgan fingerprint density at radius 2 is 2.00 bits per heavy atom. The zero-order valence-corrected chi connectivity index (χ0v) is 20.9. The van der Waals surface area contributed by atoms with Gasteiger partial charge in [-0.3, -0.25) is 4.79 Å². The van der Waals surface area contributed by atoms with E-state index in [1.807, 2.05) is 18.2 Å². The molecule has 33 heavy (non-hydrogen) atoms. The van der Waals surface area contributed by atoms with Crippen LogP contribution in [0.5, 0.6) is 5.75 Å². The first-order valence-electron chi connectivity index (χ1n) is 10.7. The van der Waals surface area contributed by atoms with Gasteiger partial charge in [0.15, 0.2) is 0 Å². The minimum Gasteiger partial charge on any atom is -0.496 e. The molecule has 0 saturated carbocycles. The zero-order valence-electron chi connectivity index (χ0n) is 19.4. The van der Waals surface area contributed by atoms with Crippen molar-refractivity contribution in [2.45, 2.75) is 39.7 Å². The van der Waals surface area contributed by atoms with Crippen LogP contribution in [0.4, 0.5) is 11.4 Å². The molecular formula is C26H27Cl2N3O2. The third-order valence-corrected chi connectivity index (χ3v) is 6.17. The molecule has 2 aromatic rings. The molecule has 0 atom stereocenters. The molecule has 0 spiro atoms. The minimum absolute atomic E-state index is 0.0672. The number of hydrogen-bond donors (Lipinski definition) is 1. The zero-order chi connectivity index (χ0) is 24.3. The van der Waals surface area contributed by atoms with E-state index in [1.54, 1.807) is 19.2 Å². The van der Waals surface area contributed by atoms with Crippen LogP contribution in [0.3, 0.4) is 0 Å². The number of amides is 1. The third kappa shape index (κ3) is 5.19. The first kappa shape index (κ1) is 24.7. The Morgan fingerprint density at radius 1 is 1.27 bits per heavy atom. The van der Waals surface area contributed by atoms with Gasteiger partial charge >= 0.3 is 0 Å². The average Bonchev–Trinajstić information content (AvgIpc) is 2.76. The number of ether oxygens (including phenoxy) is 1. The molecule has 1 amide bonds. The van der Waals surface area contributed by atoms with Crippen LogP contribution in [0.1, 0.15) is 45.2 Å². The molecule has 0 unspecified atom stereocenters. The number of rotatable bonds is 6. The maximum atomic E-state index is 12.8. The van der Waals surface area contributed by atoms with Crippen molar-refractivity contribution in [1.82, 2.24) is 0 Å². The van der Waals surface area contributed by atoms with E-state index in [-0.39, 0.29) is 11.1 Å². The van der Waals surface area contributed by atoms with Crippen LogP contribution in [0, 0.1) is 11.3 Å². The molecule has 1 aliphatic rings. The van der Waals surface area contributed by atoms with Crippen molar-refractivity contribution >= 4 is 52.1 Å². The van der Waals surface area contributed by atoms with Crippen molar-refractivity contribution in [3.05, 3.63) is 63.2 Å². The number of hydrogen-bond acceptors (Lipinski definition) is 4. The summed E-state index contributed by atoms with van der Waals surface area (Å²) in [5.74, 6) is 0.0212. The summed E-state index contributed by atoms with van der Waals surface area (Å²) >= 11 is 12.1. The largest absolute Gasteiger partial charge is 0.496 e. The van der Waals surface area contributed by atoms with E-state index >= 15 is 0 Å². The number of benzene rings is 2. The molecule has 3 rings (SSSR count). The second-order valence-corrected chi connectivity index (χ2v) is 9.34. The highest BCUT2D eigenvalue weighted by atomic mass is 35.5. The van der Waals surface area contributed by atoms with E-state index in [4.69, 9.17) is 27.9 Å².